The van der Waals surface area contributed by atoms with E-state index in [-0.39, 0.29) is 12.4 Å². The first kappa shape index (κ1) is 11.4. The minimum absolute atomic E-state index is 0.0371. The second-order valence-corrected chi connectivity index (χ2v) is 4.21. The lowest BCUT2D eigenvalue weighted by Crippen LogP contribution is -2.43. The lowest BCUT2D eigenvalue weighted by molar-refractivity contribution is -0.171. The quantitative estimate of drug-likeness (QED) is 0.734. The van der Waals surface area contributed by atoms with Crippen LogP contribution in [0, 0.1) is 5.92 Å². The predicted octanol–water partition coefficient (Wildman–Crippen LogP) is 2.25. The van der Waals surface area contributed by atoms with E-state index in [1.54, 1.807) is 14.2 Å². The standard InChI is InChI=1S/C13H18O3/c1-9-8-10-6-4-5-7-11(10)16-12(9)13(14-2)15-3/h4-7,9,12-13H,8H2,1-3H3. The van der Waals surface area contributed by atoms with E-state index in [4.69, 9.17) is 14.2 Å². The van der Waals surface area contributed by atoms with Crippen LogP contribution in [0.5, 0.6) is 5.75 Å². The van der Waals surface area contributed by atoms with Crippen LogP contribution < -0.4 is 4.74 Å². The number of rotatable bonds is 3. The first-order valence-electron chi connectivity index (χ1n) is 5.56. The number of hydrogen-bond acceptors (Lipinski definition) is 3. The molecule has 0 N–H and O–H groups in total. The second kappa shape index (κ2) is 4.85. The summed E-state index contributed by atoms with van der Waals surface area (Å²) < 4.78 is 16.5. The van der Waals surface area contributed by atoms with Crippen LogP contribution in [-0.2, 0) is 15.9 Å². The van der Waals surface area contributed by atoms with Crippen LogP contribution in [0.1, 0.15) is 12.5 Å². The summed E-state index contributed by atoms with van der Waals surface area (Å²) in [5, 5.41) is 0. The Hall–Kier alpha value is -1.06. The Balaban J connectivity index is 2.20. The molecule has 1 aromatic carbocycles. The smallest absolute Gasteiger partial charge is 0.194 e. The van der Waals surface area contributed by atoms with Crippen molar-refractivity contribution in [2.24, 2.45) is 5.92 Å². The molecule has 3 nitrogen and oxygen atoms in total. The van der Waals surface area contributed by atoms with Gasteiger partial charge in [-0.1, -0.05) is 25.1 Å². The minimum atomic E-state index is -0.302. The van der Waals surface area contributed by atoms with Crippen molar-refractivity contribution in [1.29, 1.82) is 0 Å². The average molecular weight is 222 g/mol. The van der Waals surface area contributed by atoms with Crippen LogP contribution in [0.2, 0.25) is 0 Å². The zero-order valence-electron chi connectivity index (χ0n) is 9.97. The van der Waals surface area contributed by atoms with Crippen LogP contribution in [-0.4, -0.2) is 26.6 Å². The van der Waals surface area contributed by atoms with Gasteiger partial charge in [-0.2, -0.15) is 0 Å². The summed E-state index contributed by atoms with van der Waals surface area (Å²) in [5.74, 6) is 1.34. The topological polar surface area (TPSA) is 27.7 Å². The number of methoxy groups -OCH3 is 2. The van der Waals surface area contributed by atoms with Crippen LogP contribution in [0.15, 0.2) is 24.3 Å². The number of fused-ring (bicyclic) bond motifs is 1. The molecule has 2 unspecified atom stereocenters. The lowest BCUT2D eigenvalue weighted by Gasteiger charge is -2.35. The van der Waals surface area contributed by atoms with Gasteiger partial charge >= 0.3 is 0 Å². The normalized spacial score (nSPS) is 24.0. The summed E-state index contributed by atoms with van der Waals surface area (Å²) >= 11 is 0. The highest BCUT2D eigenvalue weighted by Gasteiger charge is 2.33. The largest absolute Gasteiger partial charge is 0.485 e. The van der Waals surface area contributed by atoms with Crippen LogP contribution >= 0.6 is 0 Å². The molecule has 0 aromatic heterocycles. The fourth-order valence-corrected chi connectivity index (χ4v) is 2.20. The van der Waals surface area contributed by atoms with Crippen molar-refractivity contribution in [2.45, 2.75) is 25.7 Å². The van der Waals surface area contributed by atoms with Crippen molar-refractivity contribution in [1.82, 2.24) is 0 Å². The number of ether oxygens (including phenoxy) is 3. The summed E-state index contributed by atoms with van der Waals surface area (Å²) in [7, 11) is 3.29. The Bertz CT molecular complexity index is 347. The summed E-state index contributed by atoms with van der Waals surface area (Å²) in [4.78, 5) is 0. The van der Waals surface area contributed by atoms with E-state index in [9.17, 15) is 0 Å². The zero-order valence-corrected chi connectivity index (χ0v) is 9.97. The molecule has 0 spiro atoms. The maximum Gasteiger partial charge on any atom is 0.194 e. The highest BCUT2D eigenvalue weighted by molar-refractivity contribution is 5.35. The third kappa shape index (κ3) is 2.06. The van der Waals surface area contributed by atoms with Gasteiger partial charge in [0.15, 0.2) is 12.4 Å². The maximum atomic E-state index is 5.94. The van der Waals surface area contributed by atoms with Gasteiger partial charge in [-0.3, -0.25) is 0 Å². The van der Waals surface area contributed by atoms with E-state index in [0.717, 1.165) is 12.2 Å². The number of para-hydroxylation sites is 1. The Kier molecular flexibility index (Phi) is 3.46. The van der Waals surface area contributed by atoms with Gasteiger partial charge in [-0.05, 0) is 18.1 Å². The summed E-state index contributed by atoms with van der Waals surface area (Å²) in [6.07, 6.45) is 0.664. The highest BCUT2D eigenvalue weighted by Crippen LogP contribution is 2.32. The van der Waals surface area contributed by atoms with E-state index in [1.807, 2.05) is 18.2 Å². The van der Waals surface area contributed by atoms with Crippen molar-refractivity contribution < 1.29 is 14.2 Å². The third-order valence-electron chi connectivity index (χ3n) is 3.07. The Morgan fingerprint density at radius 2 is 1.94 bits per heavy atom. The number of hydrogen-bond donors (Lipinski definition) is 0. The van der Waals surface area contributed by atoms with E-state index >= 15 is 0 Å². The van der Waals surface area contributed by atoms with Crippen molar-refractivity contribution in [3.8, 4) is 5.75 Å². The van der Waals surface area contributed by atoms with E-state index in [1.165, 1.54) is 5.56 Å². The van der Waals surface area contributed by atoms with E-state index < -0.39 is 0 Å². The fourth-order valence-electron chi connectivity index (χ4n) is 2.20. The van der Waals surface area contributed by atoms with Gasteiger partial charge in [0, 0.05) is 20.1 Å². The summed E-state index contributed by atoms with van der Waals surface area (Å²) in [6, 6.07) is 8.13. The molecule has 0 saturated carbocycles. The fraction of sp³-hybridized carbons (Fsp3) is 0.538. The molecule has 0 radical (unpaired) electrons. The Labute approximate surface area is 96.3 Å². The first-order valence-corrected chi connectivity index (χ1v) is 5.56. The van der Waals surface area contributed by atoms with Gasteiger partial charge in [0.1, 0.15) is 5.75 Å². The van der Waals surface area contributed by atoms with Gasteiger partial charge in [-0.25, -0.2) is 0 Å². The molecule has 88 valence electrons. The van der Waals surface area contributed by atoms with Crippen molar-refractivity contribution in [3.05, 3.63) is 29.8 Å². The van der Waals surface area contributed by atoms with E-state index in [0.29, 0.717) is 5.92 Å². The predicted molar refractivity (Wildman–Crippen MR) is 61.5 cm³/mol. The lowest BCUT2D eigenvalue weighted by atomic mass is 9.92. The van der Waals surface area contributed by atoms with Crippen LogP contribution in [0.3, 0.4) is 0 Å². The van der Waals surface area contributed by atoms with Gasteiger partial charge in [-0.15, -0.1) is 0 Å². The van der Waals surface area contributed by atoms with Gasteiger partial charge in [0.2, 0.25) is 0 Å². The summed E-state index contributed by atoms with van der Waals surface area (Å²) in [5.41, 5.74) is 1.26. The van der Waals surface area contributed by atoms with Crippen molar-refractivity contribution in [3.63, 3.8) is 0 Å². The van der Waals surface area contributed by atoms with Gasteiger partial charge < -0.3 is 14.2 Å². The van der Waals surface area contributed by atoms with Crippen LogP contribution in [0.25, 0.3) is 0 Å². The molecular formula is C13H18O3. The van der Waals surface area contributed by atoms with Crippen molar-refractivity contribution in [2.75, 3.05) is 14.2 Å². The molecule has 0 aliphatic carbocycles. The third-order valence-corrected chi connectivity index (χ3v) is 3.07. The highest BCUT2D eigenvalue weighted by atomic mass is 16.7. The number of benzene rings is 1. The minimum Gasteiger partial charge on any atom is -0.485 e. The zero-order chi connectivity index (χ0) is 11.5. The molecule has 0 bridgehead atoms. The molecule has 1 heterocycles. The van der Waals surface area contributed by atoms with Gasteiger partial charge in [0.05, 0.1) is 0 Å². The van der Waals surface area contributed by atoms with Gasteiger partial charge in [0.25, 0.3) is 0 Å². The molecule has 1 aromatic rings. The molecule has 2 atom stereocenters. The molecule has 3 heteroatoms. The molecular weight excluding hydrogens is 204 g/mol. The molecule has 0 saturated heterocycles. The summed E-state index contributed by atoms with van der Waals surface area (Å²) in [6.45, 7) is 2.16. The first-order chi connectivity index (χ1) is 7.76. The molecule has 1 aliphatic heterocycles. The molecule has 16 heavy (non-hydrogen) atoms. The monoisotopic (exact) mass is 222 g/mol. The van der Waals surface area contributed by atoms with E-state index in [2.05, 4.69) is 13.0 Å². The maximum absolute atomic E-state index is 5.94. The van der Waals surface area contributed by atoms with Crippen molar-refractivity contribution >= 4 is 0 Å². The second-order valence-electron chi connectivity index (χ2n) is 4.21. The molecule has 2 rings (SSSR count). The van der Waals surface area contributed by atoms with Crippen LogP contribution in [0.4, 0.5) is 0 Å². The Morgan fingerprint density at radius 3 is 2.62 bits per heavy atom. The SMILES string of the molecule is COC(OC)C1Oc2ccccc2CC1C. The Morgan fingerprint density at radius 1 is 1.25 bits per heavy atom. The average Bonchev–Trinajstić information content (AvgIpc) is 2.31. The molecule has 1 aliphatic rings. The molecule has 0 amide bonds. The molecule has 0 fully saturated rings.